The Morgan fingerprint density at radius 2 is 1.68 bits per heavy atom. The van der Waals surface area contributed by atoms with Gasteiger partial charge in [-0.05, 0) is 32.6 Å². The zero-order valence-electron chi connectivity index (χ0n) is 12.7. The zero-order valence-corrected chi connectivity index (χ0v) is 13.5. The van der Waals surface area contributed by atoms with Crippen LogP contribution in [0.15, 0.2) is 0 Å². The summed E-state index contributed by atoms with van der Waals surface area (Å²) in [5, 5.41) is 3.01. The number of rotatable bonds is 11. The van der Waals surface area contributed by atoms with Gasteiger partial charge >= 0.3 is 0 Å². The third kappa shape index (κ3) is 5.79. The van der Waals surface area contributed by atoms with Crippen molar-refractivity contribution in [3.05, 3.63) is 0 Å². The van der Waals surface area contributed by atoms with Crippen LogP contribution in [0.4, 0.5) is 0 Å². The minimum atomic E-state index is -3.14. The molecule has 5 heteroatoms. The van der Waals surface area contributed by atoms with Crippen LogP contribution in [0, 0.1) is 0 Å². The summed E-state index contributed by atoms with van der Waals surface area (Å²) in [6, 6.07) is 0.567. The molecule has 0 radical (unpaired) electrons. The molecule has 19 heavy (non-hydrogen) atoms. The van der Waals surface area contributed by atoms with E-state index >= 15 is 0 Å². The van der Waals surface area contributed by atoms with Crippen LogP contribution in [-0.2, 0) is 10.0 Å². The molecule has 1 aliphatic carbocycles. The summed E-state index contributed by atoms with van der Waals surface area (Å²) in [7, 11) is -3.14. The standard InChI is InChI=1S/C14H30N2O2S/c1-4-6-10-16(11-7-5-2)19(17,18)13(3)12-15-14-8-9-14/h13-15H,4-12H2,1-3H3. The molecule has 1 saturated carbocycles. The van der Waals surface area contributed by atoms with E-state index in [1.54, 1.807) is 4.31 Å². The Morgan fingerprint density at radius 3 is 2.11 bits per heavy atom. The van der Waals surface area contributed by atoms with Crippen molar-refractivity contribution in [2.75, 3.05) is 19.6 Å². The topological polar surface area (TPSA) is 49.4 Å². The number of sulfonamides is 1. The number of nitrogens with zero attached hydrogens (tertiary/aromatic N) is 1. The van der Waals surface area contributed by atoms with Gasteiger partial charge in [0.15, 0.2) is 0 Å². The first-order valence-corrected chi connectivity index (χ1v) is 9.25. The third-order valence-electron chi connectivity index (χ3n) is 3.66. The van der Waals surface area contributed by atoms with Gasteiger partial charge in [0.25, 0.3) is 0 Å². The maximum absolute atomic E-state index is 12.6. The smallest absolute Gasteiger partial charge is 0.217 e. The van der Waals surface area contributed by atoms with Crippen molar-refractivity contribution in [1.82, 2.24) is 9.62 Å². The lowest BCUT2D eigenvalue weighted by atomic mass is 10.3. The van der Waals surface area contributed by atoms with Crippen molar-refractivity contribution < 1.29 is 8.42 Å². The van der Waals surface area contributed by atoms with Gasteiger partial charge in [-0.25, -0.2) is 12.7 Å². The number of nitrogens with one attached hydrogen (secondary N) is 1. The lowest BCUT2D eigenvalue weighted by Crippen LogP contribution is -2.43. The molecule has 1 fully saturated rings. The van der Waals surface area contributed by atoms with Crippen LogP contribution >= 0.6 is 0 Å². The molecule has 0 aliphatic heterocycles. The first-order chi connectivity index (χ1) is 9.02. The Labute approximate surface area is 119 Å². The first-order valence-electron chi connectivity index (χ1n) is 7.74. The molecule has 0 amide bonds. The van der Waals surface area contributed by atoms with Crippen LogP contribution < -0.4 is 5.32 Å². The van der Waals surface area contributed by atoms with E-state index in [0.29, 0.717) is 25.7 Å². The van der Waals surface area contributed by atoms with Crippen molar-refractivity contribution in [1.29, 1.82) is 0 Å². The predicted molar refractivity (Wildman–Crippen MR) is 80.8 cm³/mol. The maximum atomic E-state index is 12.6. The Hall–Kier alpha value is -0.130. The van der Waals surface area contributed by atoms with Gasteiger partial charge in [-0.2, -0.15) is 0 Å². The van der Waals surface area contributed by atoms with Crippen LogP contribution in [0.5, 0.6) is 0 Å². The molecule has 1 atom stereocenters. The molecule has 0 saturated heterocycles. The SMILES string of the molecule is CCCCN(CCCC)S(=O)(=O)C(C)CNC1CC1. The van der Waals surface area contributed by atoms with Crippen LogP contribution in [0.2, 0.25) is 0 Å². The molecule has 1 aliphatic rings. The second-order valence-electron chi connectivity index (χ2n) is 5.64. The Kier molecular flexibility index (Phi) is 7.32. The number of unbranched alkanes of at least 4 members (excludes halogenated alkanes) is 2. The van der Waals surface area contributed by atoms with Crippen molar-refractivity contribution >= 4 is 10.0 Å². The Morgan fingerprint density at radius 1 is 1.16 bits per heavy atom. The second kappa shape index (κ2) is 8.22. The Bertz CT molecular complexity index is 331. The molecule has 0 aromatic heterocycles. The van der Waals surface area contributed by atoms with Crippen molar-refractivity contribution in [2.45, 2.75) is 70.6 Å². The Balaban J connectivity index is 2.54. The van der Waals surface area contributed by atoms with Crippen LogP contribution in [0.25, 0.3) is 0 Å². The highest BCUT2D eigenvalue weighted by Crippen LogP contribution is 2.19. The van der Waals surface area contributed by atoms with E-state index in [4.69, 9.17) is 0 Å². The minimum absolute atomic E-state index is 0.318. The van der Waals surface area contributed by atoms with Crippen molar-refractivity contribution in [3.8, 4) is 0 Å². The normalized spacial score (nSPS) is 17.9. The van der Waals surface area contributed by atoms with Gasteiger partial charge in [0.2, 0.25) is 10.0 Å². The highest BCUT2D eigenvalue weighted by Gasteiger charge is 2.29. The van der Waals surface area contributed by atoms with Gasteiger partial charge in [-0.1, -0.05) is 26.7 Å². The fraction of sp³-hybridized carbons (Fsp3) is 1.00. The molecule has 4 nitrogen and oxygen atoms in total. The summed E-state index contributed by atoms with van der Waals surface area (Å²) in [5.74, 6) is 0. The summed E-state index contributed by atoms with van der Waals surface area (Å²) in [6.45, 7) is 7.96. The van der Waals surface area contributed by atoms with E-state index < -0.39 is 10.0 Å². The summed E-state index contributed by atoms with van der Waals surface area (Å²) in [6.07, 6.45) is 6.36. The summed E-state index contributed by atoms with van der Waals surface area (Å²) in [4.78, 5) is 0. The number of hydrogen-bond acceptors (Lipinski definition) is 3. The summed E-state index contributed by atoms with van der Waals surface area (Å²) in [5.41, 5.74) is 0. The van der Waals surface area contributed by atoms with E-state index in [1.165, 1.54) is 12.8 Å². The van der Waals surface area contributed by atoms with Gasteiger partial charge in [-0.3, -0.25) is 0 Å². The molecule has 0 spiro atoms. The molecule has 1 rings (SSSR count). The monoisotopic (exact) mass is 290 g/mol. The molecule has 114 valence electrons. The van der Waals surface area contributed by atoms with E-state index in [1.807, 2.05) is 6.92 Å². The second-order valence-corrected chi connectivity index (χ2v) is 8.00. The predicted octanol–water partition coefficient (Wildman–Crippen LogP) is 2.36. The van der Waals surface area contributed by atoms with E-state index in [9.17, 15) is 8.42 Å². The van der Waals surface area contributed by atoms with Crippen molar-refractivity contribution in [3.63, 3.8) is 0 Å². The van der Waals surface area contributed by atoms with Gasteiger partial charge < -0.3 is 5.32 Å². The molecular weight excluding hydrogens is 260 g/mol. The van der Waals surface area contributed by atoms with Gasteiger partial charge in [0.05, 0.1) is 5.25 Å². The van der Waals surface area contributed by atoms with Crippen LogP contribution in [0.1, 0.15) is 59.3 Å². The lowest BCUT2D eigenvalue weighted by molar-refractivity contribution is 0.388. The van der Waals surface area contributed by atoms with E-state index in [-0.39, 0.29) is 5.25 Å². The van der Waals surface area contributed by atoms with Crippen molar-refractivity contribution in [2.24, 2.45) is 0 Å². The van der Waals surface area contributed by atoms with E-state index in [2.05, 4.69) is 19.2 Å². The van der Waals surface area contributed by atoms with E-state index in [0.717, 1.165) is 25.7 Å². The fourth-order valence-corrected chi connectivity index (χ4v) is 3.60. The maximum Gasteiger partial charge on any atom is 0.217 e. The zero-order chi connectivity index (χ0) is 14.3. The summed E-state index contributed by atoms with van der Waals surface area (Å²) < 4.78 is 26.8. The highest BCUT2D eigenvalue weighted by atomic mass is 32.2. The van der Waals surface area contributed by atoms with Crippen LogP contribution in [-0.4, -0.2) is 43.6 Å². The fourth-order valence-electron chi connectivity index (χ4n) is 2.02. The molecule has 1 N–H and O–H groups in total. The average molecular weight is 290 g/mol. The molecule has 1 unspecified atom stereocenters. The molecule has 0 bridgehead atoms. The average Bonchev–Trinajstić information content (AvgIpc) is 3.19. The summed E-state index contributed by atoms with van der Waals surface area (Å²) >= 11 is 0. The van der Waals surface area contributed by atoms with Gasteiger partial charge in [-0.15, -0.1) is 0 Å². The minimum Gasteiger partial charge on any atom is -0.313 e. The first kappa shape index (κ1) is 16.9. The quantitative estimate of drug-likeness (QED) is 0.635. The number of hydrogen-bond donors (Lipinski definition) is 1. The van der Waals surface area contributed by atoms with Crippen LogP contribution in [0.3, 0.4) is 0 Å². The van der Waals surface area contributed by atoms with Gasteiger partial charge in [0.1, 0.15) is 0 Å². The largest absolute Gasteiger partial charge is 0.313 e. The molecular formula is C14H30N2O2S. The van der Waals surface area contributed by atoms with Gasteiger partial charge in [0, 0.05) is 25.7 Å². The molecule has 0 aromatic rings. The third-order valence-corrected chi connectivity index (χ3v) is 5.93. The molecule has 0 heterocycles. The highest BCUT2D eigenvalue weighted by molar-refractivity contribution is 7.89. The lowest BCUT2D eigenvalue weighted by Gasteiger charge is -2.26. The molecule has 0 aromatic carbocycles.